The van der Waals surface area contributed by atoms with Crippen LogP contribution >= 0.6 is 0 Å². The van der Waals surface area contributed by atoms with E-state index in [1.165, 1.54) is 0 Å². The van der Waals surface area contributed by atoms with Gasteiger partial charge >= 0.3 is 0 Å². The lowest BCUT2D eigenvalue weighted by Gasteiger charge is -2.33. The molecule has 1 fully saturated rings. The van der Waals surface area contributed by atoms with Crippen molar-refractivity contribution in [2.75, 3.05) is 19.8 Å². The van der Waals surface area contributed by atoms with Gasteiger partial charge in [0.05, 0.1) is 0 Å². The first-order chi connectivity index (χ1) is 8.67. The van der Waals surface area contributed by atoms with Gasteiger partial charge in [0, 0.05) is 13.2 Å². The van der Waals surface area contributed by atoms with E-state index in [1.54, 1.807) is 0 Å². The van der Waals surface area contributed by atoms with E-state index in [0.717, 1.165) is 58.3 Å². The highest BCUT2D eigenvalue weighted by atomic mass is 16.5. The summed E-state index contributed by atoms with van der Waals surface area (Å²) in [4.78, 5) is 11.8. The number of nitrogens with one attached hydrogen (secondary N) is 1. The van der Waals surface area contributed by atoms with Crippen LogP contribution in [-0.2, 0) is 9.53 Å². The Morgan fingerprint density at radius 2 is 2.17 bits per heavy atom. The van der Waals surface area contributed by atoms with Crippen LogP contribution in [0.1, 0.15) is 52.4 Å². The van der Waals surface area contributed by atoms with Crippen LogP contribution in [0.2, 0.25) is 0 Å². The van der Waals surface area contributed by atoms with Gasteiger partial charge in [0.15, 0.2) is 0 Å². The van der Waals surface area contributed by atoms with E-state index in [4.69, 9.17) is 10.5 Å². The summed E-state index contributed by atoms with van der Waals surface area (Å²) in [6.07, 6.45) is 6.03. The number of ether oxygens (including phenoxy) is 1. The first-order valence-corrected chi connectivity index (χ1v) is 7.30. The number of nitrogens with two attached hydrogens (primary N) is 1. The summed E-state index contributed by atoms with van der Waals surface area (Å²) in [7, 11) is 0. The van der Waals surface area contributed by atoms with Gasteiger partial charge < -0.3 is 15.8 Å². The maximum Gasteiger partial charge on any atom is 0.238 e. The molecule has 3 N–H and O–H groups in total. The molecule has 1 aliphatic carbocycles. The van der Waals surface area contributed by atoms with Crippen molar-refractivity contribution in [3.63, 3.8) is 0 Å². The third-order valence-electron chi connectivity index (χ3n) is 3.91. The second-order valence-electron chi connectivity index (χ2n) is 5.25. The molecule has 0 spiro atoms. The number of primary amides is 1. The molecule has 0 aromatic rings. The van der Waals surface area contributed by atoms with Crippen LogP contribution in [0.15, 0.2) is 0 Å². The number of rotatable bonds is 9. The molecule has 1 rings (SSSR count). The minimum atomic E-state index is -0.481. The van der Waals surface area contributed by atoms with Crippen LogP contribution in [0.5, 0.6) is 0 Å². The largest absolute Gasteiger partial charge is 0.381 e. The number of carbonyl (C=O) groups excluding carboxylic acids is 1. The van der Waals surface area contributed by atoms with E-state index >= 15 is 0 Å². The van der Waals surface area contributed by atoms with E-state index in [2.05, 4.69) is 19.2 Å². The maximum atomic E-state index is 11.8. The molecule has 2 unspecified atom stereocenters. The second-order valence-corrected chi connectivity index (χ2v) is 5.25. The summed E-state index contributed by atoms with van der Waals surface area (Å²) in [5, 5.41) is 3.41. The standard InChI is InChI=1S/C14H28N2O2/c1-3-9-16-14(13(15)17)8-5-6-12(14)7-11-18-10-4-2/h12,16H,3-11H2,1-2H3,(H2,15,17). The summed E-state index contributed by atoms with van der Waals surface area (Å²) < 4.78 is 5.54. The van der Waals surface area contributed by atoms with Gasteiger partial charge in [-0.25, -0.2) is 0 Å². The predicted molar refractivity (Wildman–Crippen MR) is 73.3 cm³/mol. The molecule has 0 saturated heterocycles. The van der Waals surface area contributed by atoms with Gasteiger partial charge in [0.25, 0.3) is 0 Å². The van der Waals surface area contributed by atoms with E-state index in [-0.39, 0.29) is 5.91 Å². The number of hydrogen-bond donors (Lipinski definition) is 2. The summed E-state index contributed by atoms with van der Waals surface area (Å²) in [5.41, 5.74) is 5.17. The molecule has 0 aliphatic heterocycles. The molecular formula is C14H28N2O2. The lowest BCUT2D eigenvalue weighted by atomic mass is 9.84. The third-order valence-corrected chi connectivity index (χ3v) is 3.91. The van der Waals surface area contributed by atoms with Crippen molar-refractivity contribution in [2.45, 2.75) is 57.9 Å². The normalized spacial score (nSPS) is 27.6. The average Bonchev–Trinajstić information content (AvgIpc) is 2.76. The summed E-state index contributed by atoms with van der Waals surface area (Å²) in [6, 6.07) is 0. The van der Waals surface area contributed by atoms with Gasteiger partial charge in [0.2, 0.25) is 5.91 Å². The highest BCUT2D eigenvalue weighted by Crippen LogP contribution is 2.37. The Kier molecular flexibility index (Phi) is 6.65. The number of carbonyl (C=O) groups is 1. The molecule has 106 valence electrons. The van der Waals surface area contributed by atoms with Crippen molar-refractivity contribution in [3.8, 4) is 0 Å². The van der Waals surface area contributed by atoms with E-state index < -0.39 is 5.54 Å². The molecule has 18 heavy (non-hydrogen) atoms. The summed E-state index contributed by atoms with van der Waals surface area (Å²) in [5.74, 6) is 0.146. The summed E-state index contributed by atoms with van der Waals surface area (Å²) >= 11 is 0. The van der Waals surface area contributed by atoms with Crippen LogP contribution < -0.4 is 11.1 Å². The lowest BCUT2D eigenvalue weighted by molar-refractivity contribution is -0.126. The Balaban J connectivity index is 2.54. The molecule has 0 aromatic carbocycles. The number of hydrogen-bond acceptors (Lipinski definition) is 3. The van der Waals surface area contributed by atoms with Crippen molar-refractivity contribution in [2.24, 2.45) is 11.7 Å². The molecule has 0 radical (unpaired) electrons. The topological polar surface area (TPSA) is 64.3 Å². The van der Waals surface area contributed by atoms with Crippen LogP contribution in [-0.4, -0.2) is 31.2 Å². The second kappa shape index (κ2) is 7.74. The molecule has 0 bridgehead atoms. The van der Waals surface area contributed by atoms with Crippen molar-refractivity contribution >= 4 is 5.91 Å². The Morgan fingerprint density at radius 3 is 2.78 bits per heavy atom. The fourth-order valence-electron chi connectivity index (χ4n) is 2.93. The smallest absolute Gasteiger partial charge is 0.238 e. The zero-order chi connectivity index (χ0) is 13.4. The van der Waals surface area contributed by atoms with Crippen molar-refractivity contribution in [1.82, 2.24) is 5.32 Å². The molecule has 2 atom stereocenters. The Labute approximate surface area is 111 Å². The molecule has 4 heteroatoms. The molecule has 0 aromatic heterocycles. The van der Waals surface area contributed by atoms with Crippen LogP contribution in [0.4, 0.5) is 0 Å². The monoisotopic (exact) mass is 256 g/mol. The van der Waals surface area contributed by atoms with Gasteiger partial charge in [-0.05, 0) is 44.6 Å². The highest BCUT2D eigenvalue weighted by Gasteiger charge is 2.46. The zero-order valence-corrected chi connectivity index (χ0v) is 11.8. The minimum absolute atomic E-state index is 0.186. The SMILES string of the molecule is CCCNC1(C(N)=O)CCCC1CCOCCC. The van der Waals surface area contributed by atoms with E-state index in [0.29, 0.717) is 5.92 Å². The van der Waals surface area contributed by atoms with Crippen LogP contribution in [0, 0.1) is 5.92 Å². The fraction of sp³-hybridized carbons (Fsp3) is 0.929. The molecule has 4 nitrogen and oxygen atoms in total. The van der Waals surface area contributed by atoms with Crippen molar-refractivity contribution in [1.29, 1.82) is 0 Å². The van der Waals surface area contributed by atoms with Gasteiger partial charge in [-0.2, -0.15) is 0 Å². The quantitative estimate of drug-likeness (QED) is 0.619. The van der Waals surface area contributed by atoms with E-state index in [9.17, 15) is 4.79 Å². The predicted octanol–water partition coefficient (Wildman–Crippen LogP) is 1.83. The third kappa shape index (κ3) is 3.69. The number of amides is 1. The first-order valence-electron chi connectivity index (χ1n) is 7.30. The van der Waals surface area contributed by atoms with Crippen molar-refractivity contribution in [3.05, 3.63) is 0 Å². The molecular weight excluding hydrogens is 228 g/mol. The molecule has 1 aliphatic rings. The summed E-state index contributed by atoms with van der Waals surface area (Å²) in [6.45, 7) is 6.61. The maximum absolute atomic E-state index is 11.8. The fourth-order valence-corrected chi connectivity index (χ4v) is 2.93. The van der Waals surface area contributed by atoms with Crippen molar-refractivity contribution < 1.29 is 9.53 Å². The Hall–Kier alpha value is -0.610. The molecule has 1 saturated carbocycles. The molecule has 0 heterocycles. The Bertz CT molecular complexity index is 258. The van der Waals surface area contributed by atoms with Gasteiger partial charge in [-0.15, -0.1) is 0 Å². The van der Waals surface area contributed by atoms with Gasteiger partial charge in [0.1, 0.15) is 5.54 Å². The minimum Gasteiger partial charge on any atom is -0.381 e. The average molecular weight is 256 g/mol. The van der Waals surface area contributed by atoms with Gasteiger partial charge in [-0.3, -0.25) is 4.79 Å². The van der Waals surface area contributed by atoms with E-state index in [1.807, 2.05) is 0 Å². The molecule has 1 amide bonds. The van der Waals surface area contributed by atoms with Gasteiger partial charge in [-0.1, -0.05) is 20.3 Å². The first kappa shape index (κ1) is 15.4. The van der Waals surface area contributed by atoms with Crippen LogP contribution in [0.25, 0.3) is 0 Å². The zero-order valence-electron chi connectivity index (χ0n) is 11.8. The highest BCUT2D eigenvalue weighted by molar-refractivity contribution is 5.85. The Morgan fingerprint density at radius 1 is 1.39 bits per heavy atom. The lowest BCUT2D eigenvalue weighted by Crippen LogP contribution is -2.58. The van der Waals surface area contributed by atoms with Crippen LogP contribution in [0.3, 0.4) is 0 Å².